The third-order valence-corrected chi connectivity index (χ3v) is 2.41. The largest absolute Gasteiger partial charge is 0.381 e. The fourth-order valence-corrected chi connectivity index (χ4v) is 1.72. The summed E-state index contributed by atoms with van der Waals surface area (Å²) in [6.45, 7) is 4.64. The lowest BCUT2D eigenvalue weighted by atomic mass is 10.1. The second kappa shape index (κ2) is 3.38. The van der Waals surface area contributed by atoms with Crippen LogP contribution in [0.5, 0.6) is 0 Å². The van der Waals surface area contributed by atoms with Crippen LogP contribution in [-0.4, -0.2) is 22.8 Å². The smallest absolute Gasteiger partial charge is 0.200 e. The third-order valence-electron chi connectivity index (χ3n) is 2.41. The Bertz CT molecular complexity index is 289. The van der Waals surface area contributed by atoms with Crippen molar-refractivity contribution >= 4 is 5.95 Å². The molecule has 2 N–H and O–H groups in total. The minimum atomic E-state index is 0.607. The first-order valence-corrected chi connectivity index (χ1v) is 4.62. The van der Waals surface area contributed by atoms with Crippen LogP contribution in [0.15, 0.2) is 6.20 Å². The Kier molecular flexibility index (Phi) is 2.22. The summed E-state index contributed by atoms with van der Waals surface area (Å²) in [5.74, 6) is 1.22. The molecule has 1 atom stereocenters. The first-order valence-electron chi connectivity index (χ1n) is 4.62. The van der Waals surface area contributed by atoms with Gasteiger partial charge in [0, 0.05) is 25.3 Å². The van der Waals surface area contributed by atoms with Crippen molar-refractivity contribution in [2.45, 2.75) is 19.9 Å². The van der Waals surface area contributed by atoms with E-state index in [2.05, 4.69) is 4.98 Å². The molecule has 1 unspecified atom stereocenters. The molecular weight excluding hydrogens is 166 g/mol. The van der Waals surface area contributed by atoms with Crippen molar-refractivity contribution in [3.8, 4) is 0 Å². The number of aromatic nitrogens is 2. The Labute approximate surface area is 77.7 Å². The van der Waals surface area contributed by atoms with E-state index >= 15 is 0 Å². The highest BCUT2D eigenvalue weighted by molar-refractivity contribution is 5.21. The predicted octanol–water partition coefficient (Wildman–Crippen LogP) is 0.810. The Morgan fingerprint density at radius 1 is 1.77 bits per heavy atom. The normalized spacial score (nSPS) is 22.4. The van der Waals surface area contributed by atoms with Gasteiger partial charge in [-0.15, -0.1) is 0 Å². The van der Waals surface area contributed by atoms with E-state index in [0.717, 1.165) is 31.9 Å². The van der Waals surface area contributed by atoms with Crippen LogP contribution in [-0.2, 0) is 11.3 Å². The standard InChI is InChI=1S/C9H15N3O/c1-7-4-12(9(10)11-7)5-8-2-3-13-6-8/h4,8H,2-3,5-6H2,1H3,(H2,10,11). The lowest BCUT2D eigenvalue weighted by Gasteiger charge is -2.08. The maximum Gasteiger partial charge on any atom is 0.200 e. The van der Waals surface area contributed by atoms with Crippen LogP contribution in [0.4, 0.5) is 5.95 Å². The van der Waals surface area contributed by atoms with Crippen molar-refractivity contribution < 1.29 is 4.74 Å². The van der Waals surface area contributed by atoms with Gasteiger partial charge >= 0.3 is 0 Å². The van der Waals surface area contributed by atoms with E-state index in [1.807, 2.05) is 17.7 Å². The number of hydrogen-bond donors (Lipinski definition) is 1. The summed E-state index contributed by atoms with van der Waals surface area (Å²) < 4.78 is 7.31. The molecule has 0 saturated carbocycles. The summed E-state index contributed by atoms with van der Waals surface area (Å²) in [4.78, 5) is 4.15. The van der Waals surface area contributed by atoms with E-state index in [4.69, 9.17) is 10.5 Å². The summed E-state index contributed by atoms with van der Waals surface area (Å²) in [6, 6.07) is 0. The zero-order valence-corrected chi connectivity index (χ0v) is 7.86. The molecule has 0 spiro atoms. The van der Waals surface area contributed by atoms with Crippen LogP contribution in [0.1, 0.15) is 12.1 Å². The molecule has 0 radical (unpaired) electrons. The van der Waals surface area contributed by atoms with E-state index in [1.165, 1.54) is 0 Å². The minimum absolute atomic E-state index is 0.607. The fraction of sp³-hybridized carbons (Fsp3) is 0.667. The highest BCUT2D eigenvalue weighted by Gasteiger charge is 2.17. The minimum Gasteiger partial charge on any atom is -0.381 e. The van der Waals surface area contributed by atoms with Crippen molar-refractivity contribution in [1.29, 1.82) is 0 Å². The number of nitrogens with zero attached hydrogens (tertiary/aromatic N) is 2. The average Bonchev–Trinajstić information content (AvgIpc) is 2.63. The van der Waals surface area contributed by atoms with Gasteiger partial charge in [-0.25, -0.2) is 4.98 Å². The fourth-order valence-electron chi connectivity index (χ4n) is 1.72. The van der Waals surface area contributed by atoms with Crippen LogP contribution in [0.3, 0.4) is 0 Å². The molecule has 0 amide bonds. The lowest BCUT2D eigenvalue weighted by Crippen LogP contribution is -2.12. The molecule has 1 saturated heterocycles. The van der Waals surface area contributed by atoms with Gasteiger partial charge in [-0.05, 0) is 13.3 Å². The Morgan fingerprint density at radius 2 is 2.62 bits per heavy atom. The molecular formula is C9H15N3O. The van der Waals surface area contributed by atoms with Gasteiger partial charge in [0.2, 0.25) is 0 Å². The Morgan fingerprint density at radius 3 is 3.15 bits per heavy atom. The van der Waals surface area contributed by atoms with Gasteiger partial charge < -0.3 is 15.0 Å². The van der Waals surface area contributed by atoms with E-state index in [0.29, 0.717) is 11.9 Å². The molecule has 4 nitrogen and oxygen atoms in total. The lowest BCUT2D eigenvalue weighted by molar-refractivity contribution is 0.182. The summed E-state index contributed by atoms with van der Waals surface area (Å²) in [5, 5.41) is 0. The van der Waals surface area contributed by atoms with Crippen molar-refractivity contribution in [2.75, 3.05) is 18.9 Å². The Hall–Kier alpha value is -1.03. The molecule has 1 aliphatic heterocycles. The molecule has 0 bridgehead atoms. The zero-order valence-electron chi connectivity index (χ0n) is 7.86. The molecule has 13 heavy (non-hydrogen) atoms. The number of anilines is 1. The SMILES string of the molecule is Cc1cn(CC2CCOC2)c(N)n1. The van der Waals surface area contributed by atoms with Crippen LogP contribution in [0, 0.1) is 12.8 Å². The van der Waals surface area contributed by atoms with Crippen molar-refractivity contribution in [2.24, 2.45) is 5.92 Å². The number of imidazole rings is 1. The number of ether oxygens (including phenoxy) is 1. The average molecular weight is 181 g/mol. The molecule has 1 aliphatic rings. The number of rotatable bonds is 2. The van der Waals surface area contributed by atoms with Crippen molar-refractivity contribution in [3.05, 3.63) is 11.9 Å². The van der Waals surface area contributed by atoms with E-state index < -0.39 is 0 Å². The van der Waals surface area contributed by atoms with Crippen LogP contribution < -0.4 is 5.73 Å². The van der Waals surface area contributed by atoms with Crippen LogP contribution >= 0.6 is 0 Å². The third kappa shape index (κ3) is 1.83. The molecule has 0 aromatic carbocycles. The van der Waals surface area contributed by atoms with Gasteiger partial charge in [-0.1, -0.05) is 0 Å². The molecule has 0 aliphatic carbocycles. The van der Waals surface area contributed by atoms with Crippen LogP contribution in [0.25, 0.3) is 0 Å². The topological polar surface area (TPSA) is 53.1 Å². The first-order chi connectivity index (χ1) is 6.25. The van der Waals surface area contributed by atoms with E-state index in [9.17, 15) is 0 Å². The summed E-state index contributed by atoms with van der Waals surface area (Å²) in [6.07, 6.45) is 3.13. The van der Waals surface area contributed by atoms with Crippen molar-refractivity contribution in [1.82, 2.24) is 9.55 Å². The number of nitrogens with two attached hydrogens (primary N) is 1. The molecule has 1 aromatic rings. The number of aryl methyl sites for hydroxylation is 1. The molecule has 2 heterocycles. The molecule has 2 rings (SSSR count). The van der Waals surface area contributed by atoms with Gasteiger partial charge in [0.05, 0.1) is 12.3 Å². The van der Waals surface area contributed by atoms with Gasteiger partial charge in [0.15, 0.2) is 5.95 Å². The number of nitrogen functional groups attached to an aromatic ring is 1. The zero-order chi connectivity index (χ0) is 9.26. The number of hydrogen-bond acceptors (Lipinski definition) is 3. The van der Waals surface area contributed by atoms with Crippen LogP contribution in [0.2, 0.25) is 0 Å². The second-order valence-corrected chi connectivity index (χ2v) is 3.62. The maximum atomic E-state index is 5.73. The van der Waals surface area contributed by atoms with Gasteiger partial charge in [-0.3, -0.25) is 0 Å². The quantitative estimate of drug-likeness (QED) is 0.734. The molecule has 72 valence electrons. The summed E-state index contributed by atoms with van der Waals surface area (Å²) in [5.41, 5.74) is 6.71. The van der Waals surface area contributed by atoms with Gasteiger partial charge in [0.1, 0.15) is 0 Å². The highest BCUT2D eigenvalue weighted by atomic mass is 16.5. The summed E-state index contributed by atoms with van der Waals surface area (Å²) >= 11 is 0. The van der Waals surface area contributed by atoms with Crippen molar-refractivity contribution in [3.63, 3.8) is 0 Å². The molecule has 1 fully saturated rings. The highest BCUT2D eigenvalue weighted by Crippen LogP contribution is 2.16. The maximum absolute atomic E-state index is 5.73. The van der Waals surface area contributed by atoms with E-state index in [-0.39, 0.29) is 0 Å². The monoisotopic (exact) mass is 181 g/mol. The Balaban J connectivity index is 2.03. The second-order valence-electron chi connectivity index (χ2n) is 3.62. The molecule has 1 aromatic heterocycles. The van der Waals surface area contributed by atoms with Gasteiger partial charge in [-0.2, -0.15) is 0 Å². The van der Waals surface area contributed by atoms with Gasteiger partial charge in [0.25, 0.3) is 0 Å². The van der Waals surface area contributed by atoms with E-state index in [1.54, 1.807) is 0 Å². The molecule has 4 heteroatoms. The summed E-state index contributed by atoms with van der Waals surface area (Å²) in [7, 11) is 0. The first kappa shape index (κ1) is 8.56. The predicted molar refractivity (Wildman–Crippen MR) is 50.3 cm³/mol.